The van der Waals surface area contributed by atoms with Crippen LogP contribution < -0.4 is 16.4 Å². The van der Waals surface area contributed by atoms with Gasteiger partial charge < -0.3 is 16.4 Å². The number of primary amides is 1. The van der Waals surface area contributed by atoms with Crippen molar-refractivity contribution in [2.45, 2.75) is 33.2 Å². The summed E-state index contributed by atoms with van der Waals surface area (Å²) in [6.45, 7) is 5.96. The van der Waals surface area contributed by atoms with Gasteiger partial charge in [0.2, 0.25) is 5.91 Å². The summed E-state index contributed by atoms with van der Waals surface area (Å²) in [4.78, 5) is 27.2. The molecule has 0 aliphatic carbocycles. The summed E-state index contributed by atoms with van der Waals surface area (Å²) < 4.78 is 14.2. The molecule has 6 nitrogen and oxygen atoms in total. The first-order chi connectivity index (χ1) is 9.88. The number of carbonyl (C=O) groups is 2. The van der Waals surface area contributed by atoms with Gasteiger partial charge in [0.1, 0.15) is 6.04 Å². The van der Waals surface area contributed by atoms with Gasteiger partial charge in [0.25, 0.3) is 5.91 Å². The lowest BCUT2D eigenvalue weighted by molar-refractivity contribution is -0.120. The average Bonchev–Trinajstić information content (AvgIpc) is 2.42. The van der Waals surface area contributed by atoms with Gasteiger partial charge in [0.15, 0.2) is 11.6 Å². The van der Waals surface area contributed by atoms with E-state index in [1.807, 2.05) is 6.92 Å². The van der Waals surface area contributed by atoms with Crippen LogP contribution in [0.1, 0.15) is 37.6 Å². The van der Waals surface area contributed by atoms with Crippen molar-refractivity contribution >= 4 is 17.6 Å². The molecule has 0 fully saturated rings. The topological polar surface area (TPSA) is 97.1 Å². The Labute approximate surface area is 123 Å². The Morgan fingerprint density at radius 1 is 1.43 bits per heavy atom. The standard InChI is InChI=1S/C14H21FN4O2/c1-4-6-17-13-10(15)9(5-7-18-13)14(21)19-11(8(2)3)12(16)20/h5,7-8,11H,4,6H2,1-3H3,(H2,16,20)(H,17,18)(H,19,21). The largest absolute Gasteiger partial charge is 0.368 e. The first-order valence-electron chi connectivity index (χ1n) is 6.87. The lowest BCUT2D eigenvalue weighted by atomic mass is 10.0. The fourth-order valence-electron chi connectivity index (χ4n) is 1.77. The van der Waals surface area contributed by atoms with E-state index in [4.69, 9.17) is 5.73 Å². The number of halogens is 1. The summed E-state index contributed by atoms with van der Waals surface area (Å²) in [5.74, 6) is -2.25. The second kappa shape index (κ2) is 7.56. The molecule has 0 saturated carbocycles. The molecule has 0 aliphatic rings. The molecule has 21 heavy (non-hydrogen) atoms. The van der Waals surface area contributed by atoms with Crippen molar-refractivity contribution < 1.29 is 14.0 Å². The smallest absolute Gasteiger partial charge is 0.255 e. The summed E-state index contributed by atoms with van der Waals surface area (Å²) in [6.07, 6.45) is 2.14. The molecule has 7 heteroatoms. The fraction of sp³-hybridized carbons (Fsp3) is 0.500. The number of pyridine rings is 1. The summed E-state index contributed by atoms with van der Waals surface area (Å²) >= 11 is 0. The number of rotatable bonds is 7. The number of hydrogen-bond donors (Lipinski definition) is 3. The van der Waals surface area contributed by atoms with Crippen molar-refractivity contribution in [2.24, 2.45) is 11.7 Å². The number of amides is 2. The first kappa shape index (κ1) is 16.9. The molecule has 0 saturated heterocycles. The van der Waals surface area contributed by atoms with Gasteiger partial charge in [-0.3, -0.25) is 9.59 Å². The van der Waals surface area contributed by atoms with Crippen LogP contribution in [0.15, 0.2) is 12.3 Å². The minimum absolute atomic E-state index is 0.0182. The van der Waals surface area contributed by atoms with Crippen molar-refractivity contribution in [3.63, 3.8) is 0 Å². The van der Waals surface area contributed by atoms with Gasteiger partial charge in [-0.2, -0.15) is 0 Å². The predicted molar refractivity (Wildman–Crippen MR) is 78.3 cm³/mol. The molecule has 1 atom stereocenters. The number of nitrogens with zero attached hydrogens (tertiary/aromatic N) is 1. The highest BCUT2D eigenvalue weighted by Crippen LogP contribution is 2.15. The fourth-order valence-corrected chi connectivity index (χ4v) is 1.77. The average molecular weight is 296 g/mol. The Hall–Kier alpha value is -2.18. The van der Waals surface area contributed by atoms with E-state index in [1.165, 1.54) is 12.3 Å². The minimum atomic E-state index is -0.850. The molecule has 0 spiro atoms. The maximum absolute atomic E-state index is 14.2. The number of carbonyl (C=O) groups excluding carboxylic acids is 2. The molecule has 0 radical (unpaired) electrons. The lowest BCUT2D eigenvalue weighted by Gasteiger charge is -2.19. The van der Waals surface area contributed by atoms with Gasteiger partial charge in [0.05, 0.1) is 5.56 Å². The Morgan fingerprint density at radius 2 is 2.10 bits per heavy atom. The highest BCUT2D eigenvalue weighted by Gasteiger charge is 2.24. The highest BCUT2D eigenvalue weighted by atomic mass is 19.1. The maximum atomic E-state index is 14.2. The van der Waals surface area contributed by atoms with Crippen LogP contribution in [0.5, 0.6) is 0 Å². The van der Waals surface area contributed by atoms with Crippen molar-refractivity contribution in [1.82, 2.24) is 10.3 Å². The van der Waals surface area contributed by atoms with Crippen LogP contribution >= 0.6 is 0 Å². The van der Waals surface area contributed by atoms with Gasteiger partial charge in [0, 0.05) is 12.7 Å². The number of hydrogen-bond acceptors (Lipinski definition) is 4. The van der Waals surface area contributed by atoms with Gasteiger partial charge >= 0.3 is 0 Å². The number of anilines is 1. The van der Waals surface area contributed by atoms with Crippen molar-refractivity contribution in [3.8, 4) is 0 Å². The summed E-state index contributed by atoms with van der Waals surface area (Å²) in [5, 5.41) is 5.25. The molecule has 0 bridgehead atoms. The van der Waals surface area contributed by atoms with E-state index >= 15 is 0 Å². The lowest BCUT2D eigenvalue weighted by Crippen LogP contribution is -2.47. The van der Waals surface area contributed by atoms with Crippen LogP contribution in [0.2, 0.25) is 0 Å². The SMILES string of the molecule is CCCNc1nccc(C(=O)NC(C(N)=O)C(C)C)c1F. The molecule has 2 amide bonds. The maximum Gasteiger partial charge on any atom is 0.255 e. The normalized spacial score (nSPS) is 12.0. The third kappa shape index (κ3) is 4.40. The zero-order valence-electron chi connectivity index (χ0n) is 12.4. The Morgan fingerprint density at radius 3 is 2.62 bits per heavy atom. The Balaban J connectivity index is 2.94. The molecule has 1 unspecified atom stereocenters. The van der Waals surface area contributed by atoms with E-state index < -0.39 is 23.7 Å². The molecular formula is C14H21FN4O2. The van der Waals surface area contributed by atoms with Crippen molar-refractivity contribution in [2.75, 3.05) is 11.9 Å². The van der Waals surface area contributed by atoms with Crippen LogP contribution in [0, 0.1) is 11.7 Å². The summed E-state index contributed by atoms with van der Waals surface area (Å²) in [7, 11) is 0. The molecule has 0 aromatic carbocycles. The predicted octanol–water partition coefficient (Wildman–Crippen LogP) is 1.28. The molecule has 0 aliphatic heterocycles. The van der Waals surface area contributed by atoms with Gasteiger partial charge in [-0.05, 0) is 18.4 Å². The van der Waals surface area contributed by atoms with Crippen LogP contribution in [0.25, 0.3) is 0 Å². The van der Waals surface area contributed by atoms with E-state index in [1.54, 1.807) is 13.8 Å². The Bertz CT molecular complexity index is 520. The molecular weight excluding hydrogens is 275 g/mol. The van der Waals surface area contributed by atoms with E-state index in [2.05, 4.69) is 15.6 Å². The Kier molecular flexibility index (Phi) is 6.08. The third-order valence-corrected chi connectivity index (χ3v) is 2.94. The van der Waals surface area contributed by atoms with Gasteiger partial charge in [-0.1, -0.05) is 20.8 Å². The number of nitrogens with two attached hydrogens (primary N) is 1. The zero-order chi connectivity index (χ0) is 16.0. The van der Waals surface area contributed by atoms with E-state index in [-0.39, 0.29) is 17.3 Å². The van der Waals surface area contributed by atoms with Crippen molar-refractivity contribution in [3.05, 3.63) is 23.6 Å². The zero-order valence-corrected chi connectivity index (χ0v) is 12.4. The number of nitrogens with one attached hydrogen (secondary N) is 2. The van der Waals surface area contributed by atoms with Crippen LogP contribution in [0.4, 0.5) is 10.2 Å². The summed E-state index contributed by atoms with van der Waals surface area (Å²) in [5.41, 5.74) is 5.05. The molecule has 1 aromatic heterocycles. The van der Waals surface area contributed by atoms with Gasteiger partial charge in [-0.25, -0.2) is 9.37 Å². The van der Waals surface area contributed by atoms with Crippen molar-refractivity contribution in [1.29, 1.82) is 0 Å². The van der Waals surface area contributed by atoms with Crippen LogP contribution in [-0.2, 0) is 4.79 Å². The highest BCUT2D eigenvalue weighted by molar-refractivity contribution is 5.98. The molecule has 1 aromatic rings. The second-order valence-electron chi connectivity index (χ2n) is 5.05. The van der Waals surface area contributed by atoms with Crippen LogP contribution in [0.3, 0.4) is 0 Å². The molecule has 1 heterocycles. The third-order valence-electron chi connectivity index (χ3n) is 2.94. The monoisotopic (exact) mass is 296 g/mol. The van der Waals surface area contributed by atoms with E-state index in [0.29, 0.717) is 6.54 Å². The molecule has 1 rings (SSSR count). The minimum Gasteiger partial charge on any atom is -0.368 e. The van der Waals surface area contributed by atoms with E-state index in [9.17, 15) is 14.0 Å². The number of aromatic nitrogens is 1. The first-order valence-corrected chi connectivity index (χ1v) is 6.87. The second-order valence-corrected chi connectivity index (χ2v) is 5.05. The molecule has 4 N–H and O–H groups in total. The quantitative estimate of drug-likeness (QED) is 0.706. The van der Waals surface area contributed by atoms with E-state index in [0.717, 1.165) is 6.42 Å². The molecule has 116 valence electrons. The van der Waals surface area contributed by atoms with Gasteiger partial charge in [-0.15, -0.1) is 0 Å². The van der Waals surface area contributed by atoms with Crippen LogP contribution in [-0.4, -0.2) is 29.4 Å². The summed E-state index contributed by atoms with van der Waals surface area (Å²) in [6, 6.07) is 0.414.